The van der Waals surface area contributed by atoms with Crippen LogP contribution in [0.25, 0.3) is 28.0 Å². The summed E-state index contributed by atoms with van der Waals surface area (Å²) in [4.78, 5) is 0. The first-order valence-electron chi connectivity index (χ1n) is 10.6. The lowest BCUT2D eigenvalue weighted by Crippen LogP contribution is -2.32. The summed E-state index contributed by atoms with van der Waals surface area (Å²) in [7, 11) is 6.36. The van der Waals surface area contributed by atoms with Crippen molar-refractivity contribution in [1.82, 2.24) is 0 Å². The third kappa shape index (κ3) is 2.76. The van der Waals surface area contributed by atoms with E-state index >= 15 is 0 Å². The first-order valence-corrected chi connectivity index (χ1v) is 10.6. The number of hydrogen-bond donors (Lipinski definition) is 0. The maximum Gasteiger partial charge on any atom is 0.137 e. The van der Waals surface area contributed by atoms with Crippen LogP contribution in [0.1, 0.15) is 59.7 Å². The molecule has 2 aliphatic rings. The van der Waals surface area contributed by atoms with Gasteiger partial charge >= 0.3 is 0 Å². The Kier molecular flexibility index (Phi) is 4.65. The third-order valence-corrected chi connectivity index (χ3v) is 6.59. The Labute approximate surface area is 176 Å². The van der Waals surface area contributed by atoms with Crippen LogP contribution in [0.2, 0.25) is 0 Å². The molecule has 0 amide bonds. The number of rotatable bonds is 0. The van der Waals surface area contributed by atoms with Crippen LogP contribution in [0.5, 0.6) is 5.75 Å². The van der Waals surface area contributed by atoms with Gasteiger partial charge in [0.1, 0.15) is 13.6 Å². The second kappa shape index (κ2) is 6.80. The van der Waals surface area contributed by atoms with Gasteiger partial charge in [0.25, 0.3) is 0 Å². The minimum Gasteiger partial charge on any atom is -0.492 e. The van der Waals surface area contributed by atoms with Crippen LogP contribution in [-0.4, -0.2) is 13.3 Å². The molecule has 1 heterocycles. The van der Waals surface area contributed by atoms with E-state index in [9.17, 15) is 0 Å². The zero-order chi connectivity index (χ0) is 21.1. The fourth-order valence-electron chi connectivity index (χ4n) is 4.84. The lowest BCUT2D eigenvalue weighted by atomic mass is 9.78. The first kappa shape index (κ1) is 19.8. The summed E-state index contributed by atoms with van der Waals surface area (Å²) in [5.74, 6) is 0.952. The van der Waals surface area contributed by atoms with Crippen LogP contribution in [0.15, 0.2) is 30.3 Å². The molecule has 1 nitrogen and oxygen atoms in total. The van der Waals surface area contributed by atoms with Gasteiger partial charge in [0.15, 0.2) is 0 Å². The molecule has 2 radical (unpaired) electrons. The largest absolute Gasteiger partial charge is 0.492 e. The van der Waals surface area contributed by atoms with E-state index in [0.717, 1.165) is 12.2 Å². The predicted molar refractivity (Wildman–Crippen MR) is 126 cm³/mol. The molecule has 0 saturated heterocycles. The lowest BCUT2D eigenvalue weighted by molar-refractivity contribution is 0.227. The van der Waals surface area contributed by atoms with Gasteiger partial charge in [-0.1, -0.05) is 50.3 Å². The highest BCUT2D eigenvalue weighted by molar-refractivity contribution is 6.18. The van der Waals surface area contributed by atoms with Crippen molar-refractivity contribution in [3.05, 3.63) is 69.3 Å². The Bertz CT molecular complexity index is 1180. The molecule has 0 bridgehead atoms. The number of benzene rings is 3. The van der Waals surface area contributed by atoms with E-state index in [4.69, 9.17) is 12.6 Å². The van der Waals surface area contributed by atoms with Crippen molar-refractivity contribution in [3.63, 3.8) is 0 Å². The summed E-state index contributed by atoms with van der Waals surface area (Å²) in [6, 6.07) is 8.79. The molecule has 1 unspecified atom stereocenters. The summed E-state index contributed by atoms with van der Waals surface area (Å²) in [6.07, 6.45) is 5.10. The average molecular weight is 380 g/mol. The van der Waals surface area contributed by atoms with Gasteiger partial charge in [-0.15, -0.1) is 0 Å². The Morgan fingerprint density at radius 2 is 1.52 bits per heavy atom. The predicted octanol–water partition coefficient (Wildman–Crippen LogP) is 6.96. The molecule has 1 aliphatic heterocycles. The molecule has 29 heavy (non-hydrogen) atoms. The summed E-state index contributed by atoms with van der Waals surface area (Å²) < 4.78 is 6.38. The van der Waals surface area contributed by atoms with Crippen molar-refractivity contribution < 1.29 is 4.74 Å². The minimum atomic E-state index is -0.779. The molecule has 0 saturated carbocycles. The van der Waals surface area contributed by atoms with Crippen molar-refractivity contribution >= 4 is 24.7 Å². The molecule has 0 aromatic heterocycles. The normalized spacial score (nSPS) is 18.4. The van der Waals surface area contributed by atoms with E-state index in [1.807, 2.05) is 26.8 Å². The van der Waals surface area contributed by atoms with Gasteiger partial charge in [-0.2, -0.15) is 0 Å². The fraction of sp³-hybridized carbons (Fsp3) is 0.333. The molecule has 0 spiro atoms. The summed E-state index contributed by atoms with van der Waals surface area (Å²) in [6.45, 7) is 14.8. The van der Waals surface area contributed by atoms with Crippen LogP contribution < -0.4 is 4.74 Å². The maximum atomic E-state index is 6.38. The van der Waals surface area contributed by atoms with Gasteiger partial charge in [-0.3, -0.25) is 0 Å². The lowest BCUT2D eigenvalue weighted by Gasteiger charge is -2.32. The summed E-state index contributed by atoms with van der Waals surface area (Å²) in [5, 5.41) is 2.56. The Balaban J connectivity index is 0.000000994. The van der Waals surface area contributed by atoms with E-state index < -0.39 is 5.50 Å². The van der Waals surface area contributed by atoms with Crippen LogP contribution in [0, 0.1) is 27.7 Å². The van der Waals surface area contributed by atoms with E-state index in [-0.39, 0.29) is 0 Å². The van der Waals surface area contributed by atoms with Crippen molar-refractivity contribution in [3.8, 4) is 16.9 Å². The average Bonchev–Trinajstić information content (AvgIpc) is 3.09. The molecule has 3 aromatic rings. The van der Waals surface area contributed by atoms with Crippen molar-refractivity contribution in [2.24, 2.45) is 0 Å². The zero-order valence-corrected chi connectivity index (χ0v) is 18.7. The highest BCUT2D eigenvalue weighted by Crippen LogP contribution is 2.52. The standard InChI is InChI=1S/C25H23BO.C2H6/c1-13-14(2)16(4)22-21(15(13)3)23-18-9-7-6-8-17(18)12-20(23)19-10-11-25(5,26)27-24(19)22;1-2/h6-11H,12H2,1-5H3;1-2H3. The smallest absolute Gasteiger partial charge is 0.137 e. The van der Waals surface area contributed by atoms with Crippen molar-refractivity contribution in [2.45, 2.75) is 60.4 Å². The number of aryl methyl sites for hydroxylation is 2. The number of fused-ring (bicyclic) bond motifs is 8. The highest BCUT2D eigenvalue weighted by atomic mass is 16.5. The van der Waals surface area contributed by atoms with Crippen LogP contribution in [0.4, 0.5) is 0 Å². The maximum absolute atomic E-state index is 6.38. The summed E-state index contributed by atoms with van der Waals surface area (Å²) in [5.41, 5.74) is 11.3. The van der Waals surface area contributed by atoms with Crippen molar-refractivity contribution in [1.29, 1.82) is 0 Å². The third-order valence-electron chi connectivity index (χ3n) is 6.59. The number of ether oxygens (including phenoxy) is 1. The molecular formula is C27H29BO. The number of hydrogen-bond acceptors (Lipinski definition) is 1. The van der Waals surface area contributed by atoms with Crippen molar-refractivity contribution in [2.75, 3.05) is 0 Å². The molecular weight excluding hydrogens is 351 g/mol. The van der Waals surface area contributed by atoms with E-state index in [1.54, 1.807) is 0 Å². The SMILES string of the molecule is CC.[B]C1(C)C=Cc2c3c(c4c(C)c(C)c(C)c(C)c4c2O1)-c1ccccc1C3. The van der Waals surface area contributed by atoms with Crippen LogP contribution in [0.3, 0.4) is 0 Å². The quantitative estimate of drug-likeness (QED) is 0.300. The van der Waals surface area contributed by atoms with E-state index in [0.29, 0.717) is 0 Å². The molecule has 3 aromatic carbocycles. The molecule has 2 heteroatoms. The second-order valence-corrected chi connectivity index (χ2v) is 8.30. The fourth-order valence-corrected chi connectivity index (χ4v) is 4.84. The second-order valence-electron chi connectivity index (χ2n) is 8.30. The van der Waals surface area contributed by atoms with Gasteiger partial charge in [-0.25, -0.2) is 0 Å². The van der Waals surface area contributed by atoms with E-state index in [1.165, 1.54) is 60.8 Å². The zero-order valence-electron chi connectivity index (χ0n) is 18.7. The first-order chi connectivity index (χ1) is 13.8. The van der Waals surface area contributed by atoms with Crippen LogP contribution >= 0.6 is 0 Å². The molecule has 0 fully saturated rings. The Hall–Kier alpha value is -2.48. The summed E-state index contributed by atoms with van der Waals surface area (Å²) >= 11 is 0. The van der Waals surface area contributed by atoms with Crippen LogP contribution in [-0.2, 0) is 6.42 Å². The molecule has 146 valence electrons. The molecule has 1 atom stereocenters. The highest BCUT2D eigenvalue weighted by Gasteiger charge is 2.32. The Morgan fingerprint density at radius 1 is 0.897 bits per heavy atom. The minimum absolute atomic E-state index is 0.779. The van der Waals surface area contributed by atoms with E-state index in [2.05, 4.69) is 58.0 Å². The van der Waals surface area contributed by atoms with Gasteiger partial charge in [0.05, 0.1) is 5.50 Å². The molecule has 0 N–H and O–H groups in total. The molecule has 5 rings (SSSR count). The van der Waals surface area contributed by atoms with Gasteiger partial charge in [0.2, 0.25) is 0 Å². The molecule has 1 aliphatic carbocycles. The monoisotopic (exact) mass is 380 g/mol. The topological polar surface area (TPSA) is 9.23 Å². The van der Waals surface area contributed by atoms with Gasteiger partial charge in [0, 0.05) is 10.9 Å². The Morgan fingerprint density at radius 3 is 2.21 bits per heavy atom. The van der Waals surface area contributed by atoms with Gasteiger partial charge in [-0.05, 0) is 90.9 Å². The van der Waals surface area contributed by atoms with Gasteiger partial charge < -0.3 is 4.74 Å².